The van der Waals surface area contributed by atoms with Gasteiger partial charge in [0.05, 0.1) is 12.0 Å². The van der Waals surface area contributed by atoms with Gasteiger partial charge in [0, 0.05) is 18.6 Å². The van der Waals surface area contributed by atoms with Crippen molar-refractivity contribution in [2.45, 2.75) is 6.92 Å². The van der Waals surface area contributed by atoms with Crippen LogP contribution in [-0.4, -0.2) is 29.9 Å². The maximum atomic E-state index is 12.1. The molecule has 0 unspecified atom stereocenters. The average Bonchev–Trinajstić information content (AvgIpc) is 3.03. The average molecular weight is 417 g/mol. The SMILES string of the molecule is COc1cc(/C=C2/N=C(c3ccc(Cl)c([N+](=O)[O-])c3)OC2=O)ccc1OC(C)=O. The third-order valence-electron chi connectivity index (χ3n) is 3.76. The highest BCUT2D eigenvalue weighted by Gasteiger charge is 2.26. The number of nitro benzene ring substituents is 1. The van der Waals surface area contributed by atoms with Crippen molar-refractivity contribution in [2.75, 3.05) is 7.11 Å². The molecule has 0 amide bonds. The van der Waals surface area contributed by atoms with E-state index < -0.39 is 16.9 Å². The van der Waals surface area contributed by atoms with Crippen LogP contribution in [0.15, 0.2) is 47.1 Å². The number of methoxy groups -OCH3 is 1. The number of ether oxygens (including phenoxy) is 3. The summed E-state index contributed by atoms with van der Waals surface area (Å²) in [4.78, 5) is 37.8. The largest absolute Gasteiger partial charge is 0.493 e. The highest BCUT2D eigenvalue weighted by Crippen LogP contribution is 2.31. The Morgan fingerprint density at radius 3 is 2.66 bits per heavy atom. The molecule has 1 heterocycles. The van der Waals surface area contributed by atoms with Gasteiger partial charge in [-0.1, -0.05) is 17.7 Å². The van der Waals surface area contributed by atoms with E-state index in [1.54, 1.807) is 12.1 Å². The number of aliphatic imine (C=N–C) groups is 1. The van der Waals surface area contributed by atoms with E-state index in [-0.39, 0.29) is 33.6 Å². The van der Waals surface area contributed by atoms with Crippen LogP contribution in [0.1, 0.15) is 18.1 Å². The Hall–Kier alpha value is -3.72. The summed E-state index contributed by atoms with van der Waals surface area (Å²) in [7, 11) is 1.41. The molecule has 148 valence electrons. The Labute approximate surface area is 169 Å². The van der Waals surface area contributed by atoms with Crippen molar-refractivity contribution in [1.29, 1.82) is 0 Å². The van der Waals surface area contributed by atoms with Gasteiger partial charge in [-0.25, -0.2) is 9.79 Å². The zero-order chi connectivity index (χ0) is 21.1. The van der Waals surface area contributed by atoms with Crippen molar-refractivity contribution < 1.29 is 28.7 Å². The lowest BCUT2D eigenvalue weighted by Gasteiger charge is -2.08. The second-order valence-corrected chi connectivity index (χ2v) is 6.17. The molecule has 9 nitrogen and oxygen atoms in total. The van der Waals surface area contributed by atoms with Crippen LogP contribution in [0, 0.1) is 10.1 Å². The molecule has 3 rings (SSSR count). The molecule has 0 N–H and O–H groups in total. The smallest absolute Gasteiger partial charge is 0.363 e. The van der Waals surface area contributed by atoms with Gasteiger partial charge in [-0.2, -0.15) is 0 Å². The maximum Gasteiger partial charge on any atom is 0.363 e. The van der Waals surface area contributed by atoms with E-state index in [9.17, 15) is 19.7 Å². The van der Waals surface area contributed by atoms with Crippen LogP contribution in [0.5, 0.6) is 11.5 Å². The van der Waals surface area contributed by atoms with Crippen LogP contribution in [0.25, 0.3) is 6.08 Å². The number of benzene rings is 2. The number of hydrogen-bond acceptors (Lipinski definition) is 8. The fourth-order valence-electron chi connectivity index (χ4n) is 2.49. The van der Waals surface area contributed by atoms with Gasteiger partial charge >= 0.3 is 11.9 Å². The minimum absolute atomic E-state index is 0.0140. The molecule has 1 aliphatic rings. The standard InChI is InChI=1S/C19H13ClN2O7/c1-10(23)28-16-6-3-11(8-17(16)27-2)7-14-19(24)29-18(21-14)12-4-5-13(20)15(9-12)22(25)26/h3-9H,1-2H3/b14-7+. The van der Waals surface area contributed by atoms with Crippen molar-refractivity contribution >= 4 is 41.2 Å². The van der Waals surface area contributed by atoms with Crippen molar-refractivity contribution in [1.82, 2.24) is 0 Å². The van der Waals surface area contributed by atoms with E-state index in [1.165, 1.54) is 44.4 Å². The summed E-state index contributed by atoms with van der Waals surface area (Å²) in [6.45, 7) is 1.27. The molecule has 0 fully saturated rings. The van der Waals surface area contributed by atoms with Crippen LogP contribution in [-0.2, 0) is 14.3 Å². The molecule has 0 saturated carbocycles. The topological polar surface area (TPSA) is 117 Å². The Morgan fingerprint density at radius 2 is 2.00 bits per heavy atom. The Morgan fingerprint density at radius 1 is 1.24 bits per heavy atom. The maximum absolute atomic E-state index is 12.1. The molecule has 0 aliphatic carbocycles. The molecular formula is C19H13ClN2O7. The second kappa shape index (κ2) is 8.11. The van der Waals surface area contributed by atoms with Gasteiger partial charge in [0.2, 0.25) is 5.90 Å². The zero-order valence-electron chi connectivity index (χ0n) is 15.2. The van der Waals surface area contributed by atoms with Gasteiger partial charge in [0.1, 0.15) is 5.02 Å². The van der Waals surface area contributed by atoms with Gasteiger partial charge in [0.25, 0.3) is 5.69 Å². The van der Waals surface area contributed by atoms with Crippen LogP contribution >= 0.6 is 11.6 Å². The predicted molar refractivity (Wildman–Crippen MR) is 103 cm³/mol. The van der Waals surface area contributed by atoms with Crippen molar-refractivity contribution in [2.24, 2.45) is 4.99 Å². The number of cyclic esters (lactones) is 1. The molecule has 0 spiro atoms. The molecule has 10 heteroatoms. The van der Waals surface area contributed by atoms with E-state index >= 15 is 0 Å². The minimum atomic E-state index is -0.722. The molecule has 2 aromatic carbocycles. The highest BCUT2D eigenvalue weighted by atomic mass is 35.5. The predicted octanol–water partition coefficient (Wildman–Crippen LogP) is 3.53. The molecule has 29 heavy (non-hydrogen) atoms. The number of esters is 2. The molecule has 0 atom stereocenters. The molecule has 0 bridgehead atoms. The molecule has 0 saturated heterocycles. The molecule has 1 aliphatic heterocycles. The van der Waals surface area contributed by atoms with Gasteiger partial charge < -0.3 is 14.2 Å². The van der Waals surface area contributed by atoms with E-state index in [1.807, 2.05) is 0 Å². The van der Waals surface area contributed by atoms with Crippen LogP contribution in [0.4, 0.5) is 5.69 Å². The summed E-state index contributed by atoms with van der Waals surface area (Å²) < 4.78 is 15.3. The third kappa shape index (κ3) is 4.41. The van der Waals surface area contributed by atoms with E-state index in [0.717, 1.165) is 0 Å². The lowest BCUT2D eigenvalue weighted by Crippen LogP contribution is -2.06. The van der Waals surface area contributed by atoms with Crippen molar-refractivity contribution in [3.63, 3.8) is 0 Å². The second-order valence-electron chi connectivity index (χ2n) is 5.76. The van der Waals surface area contributed by atoms with Crippen LogP contribution in [0.3, 0.4) is 0 Å². The van der Waals surface area contributed by atoms with Gasteiger partial charge in [-0.05, 0) is 35.9 Å². The normalized spacial score (nSPS) is 14.4. The summed E-state index contributed by atoms with van der Waals surface area (Å²) >= 11 is 5.79. The molecular weight excluding hydrogens is 404 g/mol. The number of nitrogens with zero attached hydrogens (tertiary/aromatic N) is 2. The minimum Gasteiger partial charge on any atom is -0.493 e. The summed E-state index contributed by atoms with van der Waals surface area (Å²) in [5, 5.41) is 11.0. The fraction of sp³-hybridized carbons (Fsp3) is 0.105. The first kappa shape index (κ1) is 20.0. The number of carbonyl (C=O) groups excluding carboxylic acids is 2. The zero-order valence-corrected chi connectivity index (χ0v) is 15.9. The summed E-state index contributed by atoms with van der Waals surface area (Å²) in [5.41, 5.74) is 0.434. The summed E-state index contributed by atoms with van der Waals surface area (Å²) in [6.07, 6.45) is 1.44. The van der Waals surface area contributed by atoms with Crippen LogP contribution in [0.2, 0.25) is 5.02 Å². The first-order valence-corrected chi connectivity index (χ1v) is 8.49. The first-order valence-electron chi connectivity index (χ1n) is 8.12. The van der Waals surface area contributed by atoms with E-state index in [2.05, 4.69) is 4.99 Å². The van der Waals surface area contributed by atoms with Crippen molar-refractivity contribution in [3.8, 4) is 11.5 Å². The lowest BCUT2D eigenvalue weighted by atomic mass is 10.1. The molecule has 2 aromatic rings. The molecule has 0 aromatic heterocycles. The fourth-order valence-corrected chi connectivity index (χ4v) is 2.68. The number of rotatable bonds is 5. The number of carbonyl (C=O) groups is 2. The quantitative estimate of drug-likeness (QED) is 0.240. The number of nitro groups is 1. The number of halogens is 1. The van der Waals surface area contributed by atoms with Gasteiger partial charge in [-0.3, -0.25) is 14.9 Å². The molecule has 0 radical (unpaired) electrons. The third-order valence-corrected chi connectivity index (χ3v) is 4.07. The van der Waals surface area contributed by atoms with E-state index in [0.29, 0.717) is 11.3 Å². The van der Waals surface area contributed by atoms with Crippen LogP contribution < -0.4 is 9.47 Å². The number of hydrogen-bond donors (Lipinski definition) is 0. The highest BCUT2D eigenvalue weighted by molar-refractivity contribution is 6.32. The first-order chi connectivity index (χ1) is 13.8. The Balaban J connectivity index is 1.94. The Kier molecular flexibility index (Phi) is 5.60. The van der Waals surface area contributed by atoms with E-state index in [4.69, 9.17) is 25.8 Å². The van der Waals surface area contributed by atoms with Crippen molar-refractivity contribution in [3.05, 3.63) is 68.4 Å². The monoisotopic (exact) mass is 416 g/mol. The summed E-state index contributed by atoms with van der Waals surface area (Å²) in [6, 6.07) is 8.63. The van der Waals surface area contributed by atoms with Gasteiger partial charge in [-0.15, -0.1) is 0 Å². The van der Waals surface area contributed by atoms with Gasteiger partial charge in [0.15, 0.2) is 17.2 Å². The Bertz CT molecular complexity index is 1090. The lowest BCUT2D eigenvalue weighted by molar-refractivity contribution is -0.384. The summed E-state index contributed by atoms with van der Waals surface area (Å²) in [5.74, 6) is -0.780.